The van der Waals surface area contributed by atoms with Crippen LogP contribution in [0.1, 0.15) is 20.8 Å². The number of nitrogens with two attached hydrogens (primary N) is 2. The maximum atomic E-state index is 7.70. The lowest BCUT2D eigenvalue weighted by Crippen LogP contribution is -2.31. The highest BCUT2D eigenvalue weighted by Gasteiger charge is 2.16. The second kappa shape index (κ2) is 10.1. The van der Waals surface area contributed by atoms with E-state index in [0.29, 0.717) is 11.7 Å². The minimum atomic E-state index is 0.262. The molecule has 0 aromatic rings. The number of fused-ring (bicyclic) bond motifs is 1. The van der Waals surface area contributed by atoms with Gasteiger partial charge in [-0.25, -0.2) is 4.99 Å². The Balaban J connectivity index is 2.24. The Morgan fingerprint density at radius 2 is 2.07 bits per heavy atom. The molecule has 0 aromatic heterocycles. The average Bonchev–Trinajstić information content (AvgIpc) is 2.70. The number of nitrogens with one attached hydrogen (secondary N) is 3. The quantitative estimate of drug-likeness (QED) is 0.317. The summed E-state index contributed by atoms with van der Waals surface area (Å²) in [5.41, 5.74) is 16.0. The minimum Gasteiger partial charge on any atom is -0.404 e. The summed E-state index contributed by atoms with van der Waals surface area (Å²) >= 11 is 0. The fourth-order valence-corrected chi connectivity index (χ4v) is 3.05. The van der Waals surface area contributed by atoms with Gasteiger partial charge in [0.1, 0.15) is 11.7 Å². The van der Waals surface area contributed by atoms with Crippen molar-refractivity contribution in [2.24, 2.45) is 21.5 Å². The molecule has 154 valence electrons. The fraction of sp³-hybridized carbons (Fsp3) is 0.286. The van der Waals surface area contributed by atoms with E-state index in [2.05, 4.69) is 39.4 Å². The molecule has 0 aliphatic carbocycles. The Morgan fingerprint density at radius 1 is 1.31 bits per heavy atom. The van der Waals surface area contributed by atoms with Gasteiger partial charge in [-0.2, -0.15) is 0 Å². The number of aliphatic imine (C=N–C) groups is 2. The lowest BCUT2D eigenvalue weighted by atomic mass is 10.0. The zero-order chi connectivity index (χ0) is 21.4. The van der Waals surface area contributed by atoms with Gasteiger partial charge in [-0.05, 0) is 39.0 Å². The monoisotopic (exact) mass is 394 g/mol. The van der Waals surface area contributed by atoms with E-state index in [1.54, 1.807) is 19.3 Å². The SMILES string of the molecule is CCN(C(C=N)=CC(N)=NC1=CC=C2NC=C(C(C=NC)=CN)C=C2N1)C(C)C. The van der Waals surface area contributed by atoms with Crippen molar-refractivity contribution in [2.75, 3.05) is 13.6 Å². The van der Waals surface area contributed by atoms with E-state index in [0.717, 1.165) is 34.8 Å². The third-order valence-corrected chi connectivity index (χ3v) is 4.41. The van der Waals surface area contributed by atoms with Crippen LogP contribution < -0.4 is 22.1 Å². The van der Waals surface area contributed by atoms with Gasteiger partial charge in [0.2, 0.25) is 0 Å². The van der Waals surface area contributed by atoms with Gasteiger partial charge >= 0.3 is 0 Å². The summed E-state index contributed by atoms with van der Waals surface area (Å²) < 4.78 is 0. The predicted octanol–water partition coefficient (Wildman–Crippen LogP) is 1.85. The molecule has 0 spiro atoms. The van der Waals surface area contributed by atoms with Gasteiger partial charge < -0.3 is 32.4 Å². The molecule has 2 rings (SSSR count). The normalized spacial score (nSPS) is 17.6. The van der Waals surface area contributed by atoms with E-state index >= 15 is 0 Å². The molecule has 2 aliphatic rings. The van der Waals surface area contributed by atoms with Crippen LogP contribution in [-0.4, -0.2) is 42.8 Å². The van der Waals surface area contributed by atoms with Crippen molar-refractivity contribution in [3.05, 3.63) is 70.8 Å². The summed E-state index contributed by atoms with van der Waals surface area (Å²) in [7, 11) is 1.70. The van der Waals surface area contributed by atoms with Crippen LogP contribution in [0.4, 0.5) is 0 Å². The largest absolute Gasteiger partial charge is 0.404 e. The number of hydrogen-bond donors (Lipinski definition) is 5. The van der Waals surface area contributed by atoms with Crippen molar-refractivity contribution in [1.82, 2.24) is 15.5 Å². The summed E-state index contributed by atoms with van der Waals surface area (Å²) in [6.45, 7) is 6.98. The van der Waals surface area contributed by atoms with E-state index in [1.807, 2.05) is 31.4 Å². The van der Waals surface area contributed by atoms with Crippen molar-refractivity contribution in [3.63, 3.8) is 0 Å². The van der Waals surface area contributed by atoms with Crippen molar-refractivity contribution in [2.45, 2.75) is 26.8 Å². The minimum absolute atomic E-state index is 0.262. The van der Waals surface area contributed by atoms with E-state index in [9.17, 15) is 0 Å². The number of dihydropyridines is 2. The molecular formula is C21H30N8. The fourth-order valence-electron chi connectivity index (χ4n) is 3.05. The highest BCUT2D eigenvalue weighted by molar-refractivity contribution is 5.97. The highest BCUT2D eigenvalue weighted by Crippen LogP contribution is 2.22. The lowest BCUT2D eigenvalue weighted by molar-refractivity contribution is 0.314. The predicted molar refractivity (Wildman–Crippen MR) is 121 cm³/mol. The van der Waals surface area contributed by atoms with Crippen LogP contribution in [0.3, 0.4) is 0 Å². The maximum absolute atomic E-state index is 7.70. The Hall–Kier alpha value is -3.55. The molecule has 2 aliphatic heterocycles. The van der Waals surface area contributed by atoms with Crippen LogP contribution in [0, 0.1) is 5.41 Å². The molecule has 0 aromatic carbocycles. The summed E-state index contributed by atoms with van der Waals surface area (Å²) in [6.07, 6.45) is 13.8. The van der Waals surface area contributed by atoms with Gasteiger partial charge in [0.05, 0.1) is 17.1 Å². The summed E-state index contributed by atoms with van der Waals surface area (Å²) in [5.74, 6) is 0.926. The van der Waals surface area contributed by atoms with Crippen LogP contribution in [0.15, 0.2) is 80.7 Å². The van der Waals surface area contributed by atoms with Crippen LogP contribution in [0.25, 0.3) is 0 Å². The first kappa shape index (κ1) is 21.7. The van der Waals surface area contributed by atoms with Crippen molar-refractivity contribution in [3.8, 4) is 0 Å². The van der Waals surface area contributed by atoms with Gasteiger partial charge in [0, 0.05) is 61.7 Å². The summed E-state index contributed by atoms with van der Waals surface area (Å²) in [4.78, 5) is 10.6. The Bertz CT molecular complexity index is 878. The number of hydrogen-bond acceptors (Lipinski definition) is 7. The van der Waals surface area contributed by atoms with Crippen LogP contribution in [0.2, 0.25) is 0 Å². The Labute approximate surface area is 172 Å². The second-order valence-electron chi connectivity index (χ2n) is 6.70. The lowest BCUT2D eigenvalue weighted by Gasteiger charge is -2.27. The van der Waals surface area contributed by atoms with Gasteiger partial charge in [-0.1, -0.05) is 0 Å². The van der Waals surface area contributed by atoms with Gasteiger partial charge in [-0.15, -0.1) is 0 Å². The molecule has 8 nitrogen and oxygen atoms in total. The van der Waals surface area contributed by atoms with E-state index in [-0.39, 0.29) is 6.04 Å². The number of allylic oxidation sites excluding steroid dienone is 6. The Morgan fingerprint density at radius 3 is 2.66 bits per heavy atom. The first-order valence-electron chi connectivity index (χ1n) is 9.48. The second-order valence-corrected chi connectivity index (χ2v) is 6.70. The maximum Gasteiger partial charge on any atom is 0.132 e. The average molecular weight is 395 g/mol. The van der Waals surface area contributed by atoms with Gasteiger partial charge in [0.25, 0.3) is 0 Å². The zero-order valence-corrected chi connectivity index (χ0v) is 17.4. The number of rotatable bonds is 8. The number of nitrogens with zero attached hydrogens (tertiary/aromatic N) is 3. The molecule has 29 heavy (non-hydrogen) atoms. The zero-order valence-electron chi connectivity index (χ0n) is 17.4. The van der Waals surface area contributed by atoms with E-state index < -0.39 is 0 Å². The Kier molecular flexibility index (Phi) is 7.59. The molecule has 2 heterocycles. The third kappa shape index (κ3) is 5.47. The molecule has 0 saturated heterocycles. The molecule has 0 bridgehead atoms. The summed E-state index contributed by atoms with van der Waals surface area (Å²) in [5, 5.41) is 14.2. The van der Waals surface area contributed by atoms with Gasteiger partial charge in [0.15, 0.2) is 0 Å². The molecule has 0 radical (unpaired) electrons. The molecule has 0 atom stereocenters. The standard InChI is InChI=1S/C21H30N8/c1-5-29(14(2)3)17(11-23)9-20(24)28-21-7-6-18-19(27-21)8-15(13-26-18)16(10-22)12-25-4/h6-14,23,26-27H,5,22H2,1-4H3,(H2,24,28). The summed E-state index contributed by atoms with van der Waals surface area (Å²) in [6, 6.07) is 0.262. The smallest absolute Gasteiger partial charge is 0.132 e. The van der Waals surface area contributed by atoms with Crippen molar-refractivity contribution < 1.29 is 0 Å². The molecule has 8 heteroatoms. The first-order chi connectivity index (χ1) is 13.9. The molecule has 7 N–H and O–H groups in total. The third-order valence-electron chi connectivity index (χ3n) is 4.41. The highest BCUT2D eigenvalue weighted by atomic mass is 15.2. The molecule has 0 fully saturated rings. The van der Waals surface area contributed by atoms with Crippen molar-refractivity contribution >= 4 is 18.3 Å². The van der Waals surface area contributed by atoms with Gasteiger partial charge in [-0.3, -0.25) is 4.99 Å². The topological polar surface area (TPSA) is 128 Å². The van der Waals surface area contributed by atoms with Crippen LogP contribution in [-0.2, 0) is 0 Å². The van der Waals surface area contributed by atoms with Crippen molar-refractivity contribution in [1.29, 1.82) is 5.41 Å². The molecule has 0 amide bonds. The van der Waals surface area contributed by atoms with Crippen LogP contribution in [0.5, 0.6) is 0 Å². The first-order valence-corrected chi connectivity index (χ1v) is 9.48. The van der Waals surface area contributed by atoms with E-state index in [4.69, 9.17) is 16.9 Å². The molecule has 0 saturated carbocycles. The molecular weight excluding hydrogens is 364 g/mol. The van der Waals surface area contributed by atoms with E-state index in [1.165, 1.54) is 12.4 Å². The van der Waals surface area contributed by atoms with Crippen LogP contribution >= 0.6 is 0 Å². The number of amidine groups is 1. The molecule has 0 unspecified atom stereocenters.